The van der Waals surface area contributed by atoms with E-state index in [0.29, 0.717) is 30.5 Å². The number of ether oxygens (including phenoxy) is 2. The predicted octanol–water partition coefficient (Wildman–Crippen LogP) is 0.650. The fourth-order valence-electron chi connectivity index (χ4n) is 1.55. The number of hydrogen-bond donors (Lipinski definition) is 3. The molecule has 0 saturated heterocycles. The van der Waals surface area contributed by atoms with Crippen LogP contribution < -0.4 is 21.1 Å². The first-order valence-corrected chi connectivity index (χ1v) is 6.61. The number of benzene rings is 1. The molecule has 0 bridgehead atoms. The highest BCUT2D eigenvalue weighted by atomic mass is 35.5. The summed E-state index contributed by atoms with van der Waals surface area (Å²) in [6, 6.07) is 4.21. The Kier molecular flexibility index (Phi) is 7.52. The van der Waals surface area contributed by atoms with Crippen molar-refractivity contribution >= 4 is 23.5 Å². The average molecular weight is 316 g/mol. The minimum absolute atomic E-state index is 0.325. The van der Waals surface area contributed by atoms with Gasteiger partial charge in [0.15, 0.2) is 6.61 Å². The predicted molar refractivity (Wildman–Crippen MR) is 78.3 cm³/mol. The lowest BCUT2D eigenvalue weighted by molar-refractivity contribution is -0.121. The molecule has 0 atom stereocenters. The van der Waals surface area contributed by atoms with Gasteiger partial charge in [0.05, 0.1) is 6.61 Å². The molecule has 0 unspecified atom stereocenters. The van der Waals surface area contributed by atoms with E-state index >= 15 is 0 Å². The molecule has 1 aromatic carbocycles. The lowest BCUT2D eigenvalue weighted by atomic mass is 10.2. The average Bonchev–Trinajstić information content (AvgIpc) is 2.42. The summed E-state index contributed by atoms with van der Waals surface area (Å²) < 4.78 is 10.3. The number of halogens is 1. The van der Waals surface area contributed by atoms with Gasteiger partial charge >= 0.3 is 6.03 Å². The van der Waals surface area contributed by atoms with Crippen molar-refractivity contribution in [3.05, 3.63) is 28.8 Å². The van der Waals surface area contributed by atoms with Crippen molar-refractivity contribution in [3.63, 3.8) is 0 Å². The molecule has 0 aliphatic carbocycles. The molecular weight excluding hydrogens is 298 g/mol. The lowest BCUT2D eigenvalue weighted by Gasteiger charge is -2.13. The maximum absolute atomic E-state index is 11.3. The van der Waals surface area contributed by atoms with Gasteiger partial charge in [0, 0.05) is 30.8 Å². The molecule has 3 amide bonds. The molecule has 0 spiro atoms. The molecule has 0 aliphatic rings. The third kappa shape index (κ3) is 6.44. The van der Waals surface area contributed by atoms with E-state index in [4.69, 9.17) is 26.8 Å². The maximum Gasteiger partial charge on any atom is 0.318 e. The largest absolute Gasteiger partial charge is 0.483 e. The van der Waals surface area contributed by atoms with Crippen molar-refractivity contribution in [2.45, 2.75) is 6.54 Å². The molecule has 0 heterocycles. The first-order chi connectivity index (χ1) is 10.0. The highest BCUT2D eigenvalue weighted by molar-refractivity contribution is 6.31. The van der Waals surface area contributed by atoms with E-state index in [9.17, 15) is 9.59 Å². The second kappa shape index (κ2) is 9.17. The van der Waals surface area contributed by atoms with Crippen LogP contribution in [0.5, 0.6) is 5.75 Å². The van der Waals surface area contributed by atoms with Crippen LogP contribution in [0.2, 0.25) is 5.02 Å². The number of carbonyl (C=O) groups is 2. The number of hydrogen-bond acceptors (Lipinski definition) is 5. The van der Waals surface area contributed by atoms with Crippen molar-refractivity contribution in [3.8, 4) is 5.75 Å². The molecule has 4 N–H and O–H groups in total. The van der Waals surface area contributed by atoms with E-state index in [1.807, 2.05) is 5.32 Å². The molecule has 7 nitrogen and oxygen atoms in total. The zero-order valence-corrected chi connectivity index (χ0v) is 12.4. The number of nitrogens with two attached hydrogens (primary N) is 1. The van der Waals surface area contributed by atoms with Gasteiger partial charge in [-0.25, -0.2) is 4.79 Å². The van der Waals surface area contributed by atoms with E-state index in [0.717, 1.165) is 5.56 Å². The van der Waals surface area contributed by atoms with Crippen LogP contribution in [0.3, 0.4) is 0 Å². The van der Waals surface area contributed by atoms with Gasteiger partial charge in [-0.05, 0) is 12.1 Å². The summed E-state index contributed by atoms with van der Waals surface area (Å²) in [6.07, 6.45) is 0. The molecule has 0 aliphatic heterocycles. The Labute approximate surface area is 127 Å². The van der Waals surface area contributed by atoms with Crippen LogP contribution in [0.4, 0.5) is 4.79 Å². The SMILES string of the molecule is COCCNCc1c(Cl)cccc1OCC(=O)NC(N)=O. The summed E-state index contributed by atoms with van der Waals surface area (Å²) in [7, 11) is 1.61. The molecule has 0 radical (unpaired) electrons. The third-order valence-corrected chi connectivity index (χ3v) is 2.84. The number of nitrogens with one attached hydrogen (secondary N) is 2. The smallest absolute Gasteiger partial charge is 0.318 e. The number of imide groups is 1. The summed E-state index contributed by atoms with van der Waals surface area (Å²) in [6.45, 7) is 1.37. The van der Waals surface area contributed by atoms with Gasteiger partial charge in [0.2, 0.25) is 0 Å². The molecule has 21 heavy (non-hydrogen) atoms. The minimum atomic E-state index is -0.920. The first kappa shape index (κ1) is 17.2. The Bertz CT molecular complexity index is 496. The normalized spacial score (nSPS) is 10.2. The zero-order chi connectivity index (χ0) is 15.7. The molecule has 116 valence electrons. The quantitative estimate of drug-likeness (QED) is 0.611. The topological polar surface area (TPSA) is 103 Å². The van der Waals surface area contributed by atoms with Gasteiger partial charge in [-0.1, -0.05) is 17.7 Å². The molecule has 8 heteroatoms. The van der Waals surface area contributed by atoms with Crippen LogP contribution in [-0.4, -0.2) is 38.8 Å². The number of urea groups is 1. The van der Waals surface area contributed by atoms with Crippen LogP contribution in [0.15, 0.2) is 18.2 Å². The number of carbonyl (C=O) groups excluding carboxylic acids is 2. The summed E-state index contributed by atoms with van der Waals surface area (Å²) >= 11 is 6.12. The van der Waals surface area contributed by atoms with E-state index in [1.54, 1.807) is 25.3 Å². The number of rotatable bonds is 8. The minimum Gasteiger partial charge on any atom is -0.483 e. The third-order valence-electron chi connectivity index (χ3n) is 2.48. The Morgan fingerprint density at radius 1 is 1.38 bits per heavy atom. The summed E-state index contributed by atoms with van der Waals surface area (Å²) in [4.78, 5) is 21.9. The van der Waals surface area contributed by atoms with E-state index in [1.165, 1.54) is 0 Å². The fraction of sp³-hybridized carbons (Fsp3) is 0.385. The van der Waals surface area contributed by atoms with Gasteiger partial charge in [-0.3, -0.25) is 10.1 Å². The molecule has 1 rings (SSSR count). The van der Waals surface area contributed by atoms with Gasteiger partial charge in [-0.15, -0.1) is 0 Å². The Morgan fingerprint density at radius 2 is 2.14 bits per heavy atom. The summed E-state index contributed by atoms with van der Waals surface area (Å²) in [5.74, 6) is -0.159. The molecule has 0 saturated carbocycles. The van der Waals surface area contributed by atoms with Crippen LogP contribution in [0.1, 0.15) is 5.56 Å². The zero-order valence-electron chi connectivity index (χ0n) is 11.6. The van der Waals surface area contributed by atoms with Crippen molar-refractivity contribution in [2.75, 3.05) is 26.9 Å². The van der Waals surface area contributed by atoms with Crippen molar-refractivity contribution in [2.24, 2.45) is 5.73 Å². The monoisotopic (exact) mass is 315 g/mol. The Balaban J connectivity index is 2.62. The number of primary amides is 1. The van der Waals surface area contributed by atoms with Gasteiger partial charge < -0.3 is 20.5 Å². The van der Waals surface area contributed by atoms with Crippen LogP contribution >= 0.6 is 11.6 Å². The standard InChI is InChI=1S/C13H18ClN3O4/c1-20-6-5-16-7-9-10(14)3-2-4-11(9)21-8-12(18)17-13(15)19/h2-4,16H,5-8H2,1H3,(H3,15,17,18,19). The fourth-order valence-corrected chi connectivity index (χ4v) is 1.78. The van der Waals surface area contributed by atoms with Gasteiger partial charge in [0.1, 0.15) is 5.75 Å². The van der Waals surface area contributed by atoms with E-state index < -0.39 is 11.9 Å². The van der Waals surface area contributed by atoms with Crippen LogP contribution in [0.25, 0.3) is 0 Å². The Hall–Kier alpha value is -1.83. The summed E-state index contributed by atoms with van der Waals surface area (Å²) in [5, 5.41) is 5.58. The van der Waals surface area contributed by atoms with E-state index in [2.05, 4.69) is 5.32 Å². The molecular formula is C13H18ClN3O4. The second-order valence-electron chi connectivity index (χ2n) is 4.09. The second-order valence-corrected chi connectivity index (χ2v) is 4.49. The van der Waals surface area contributed by atoms with Crippen LogP contribution in [-0.2, 0) is 16.1 Å². The molecule has 0 fully saturated rings. The highest BCUT2D eigenvalue weighted by Gasteiger charge is 2.11. The lowest BCUT2D eigenvalue weighted by Crippen LogP contribution is -2.38. The van der Waals surface area contributed by atoms with Crippen LogP contribution in [0, 0.1) is 0 Å². The number of methoxy groups -OCH3 is 1. The Morgan fingerprint density at radius 3 is 2.81 bits per heavy atom. The summed E-state index contributed by atoms with van der Waals surface area (Å²) in [5.41, 5.74) is 5.57. The van der Waals surface area contributed by atoms with Gasteiger partial charge in [-0.2, -0.15) is 0 Å². The van der Waals surface area contributed by atoms with Crippen molar-refractivity contribution in [1.29, 1.82) is 0 Å². The first-order valence-electron chi connectivity index (χ1n) is 6.23. The van der Waals surface area contributed by atoms with Gasteiger partial charge in [0.25, 0.3) is 5.91 Å². The maximum atomic E-state index is 11.3. The molecule has 1 aromatic rings. The van der Waals surface area contributed by atoms with E-state index in [-0.39, 0.29) is 6.61 Å². The molecule has 0 aromatic heterocycles. The highest BCUT2D eigenvalue weighted by Crippen LogP contribution is 2.26. The van der Waals surface area contributed by atoms with Crippen molar-refractivity contribution in [1.82, 2.24) is 10.6 Å². The number of amides is 3. The van der Waals surface area contributed by atoms with Crippen molar-refractivity contribution < 1.29 is 19.1 Å².